The number of carbonyl (C=O) groups is 2. The van der Waals surface area contributed by atoms with E-state index in [2.05, 4.69) is 4.98 Å². The highest BCUT2D eigenvalue weighted by atomic mass is 16.4. The minimum absolute atomic E-state index is 0.0115. The lowest BCUT2D eigenvalue weighted by atomic mass is 9.88. The van der Waals surface area contributed by atoms with Crippen LogP contribution < -0.4 is 0 Å². The molecule has 1 saturated heterocycles. The molecule has 2 heterocycles. The number of rotatable bonds is 6. The van der Waals surface area contributed by atoms with Crippen molar-refractivity contribution in [2.75, 3.05) is 13.1 Å². The van der Waals surface area contributed by atoms with Gasteiger partial charge in [0, 0.05) is 25.5 Å². The summed E-state index contributed by atoms with van der Waals surface area (Å²) in [6, 6.07) is 3.55. The van der Waals surface area contributed by atoms with Crippen LogP contribution in [0.1, 0.15) is 28.4 Å². The molecule has 0 unspecified atom stereocenters. The first-order valence-electron chi connectivity index (χ1n) is 8.30. The largest absolute Gasteiger partial charge is 0.507 e. The third-order valence-corrected chi connectivity index (χ3v) is 4.64. The number of benzene rings is 1. The summed E-state index contributed by atoms with van der Waals surface area (Å²) in [7, 11) is 0. The van der Waals surface area contributed by atoms with E-state index in [4.69, 9.17) is 0 Å². The summed E-state index contributed by atoms with van der Waals surface area (Å²) < 4.78 is 1.72. The van der Waals surface area contributed by atoms with Crippen LogP contribution in [0.4, 0.5) is 0 Å². The van der Waals surface area contributed by atoms with Crippen LogP contribution in [0.2, 0.25) is 0 Å². The second kappa shape index (κ2) is 6.96. The molecule has 25 heavy (non-hydrogen) atoms. The first-order chi connectivity index (χ1) is 12.0. The molecule has 3 rings (SSSR count). The number of aromatic carboxylic acids is 1. The number of carboxylic acids is 1. The highest BCUT2D eigenvalue weighted by Crippen LogP contribution is 2.30. The van der Waals surface area contributed by atoms with Crippen molar-refractivity contribution in [3.8, 4) is 5.75 Å². The van der Waals surface area contributed by atoms with Gasteiger partial charge in [-0.3, -0.25) is 4.79 Å². The molecule has 132 valence electrons. The summed E-state index contributed by atoms with van der Waals surface area (Å²) in [6.07, 6.45) is 6.09. The number of aromatic hydroxyl groups is 1. The van der Waals surface area contributed by atoms with Crippen LogP contribution >= 0.6 is 0 Å². The Kier molecular flexibility index (Phi) is 4.74. The lowest BCUT2D eigenvalue weighted by Gasteiger charge is -2.39. The van der Waals surface area contributed by atoms with E-state index in [0.29, 0.717) is 37.1 Å². The molecule has 1 fully saturated rings. The number of nitrogens with zero attached hydrogens (tertiary/aromatic N) is 3. The van der Waals surface area contributed by atoms with Crippen LogP contribution in [-0.4, -0.2) is 49.6 Å². The minimum Gasteiger partial charge on any atom is -0.507 e. The lowest BCUT2D eigenvalue weighted by molar-refractivity contribution is -0.138. The van der Waals surface area contributed by atoms with Crippen molar-refractivity contribution in [2.24, 2.45) is 5.92 Å². The van der Waals surface area contributed by atoms with E-state index in [1.807, 2.05) is 6.92 Å². The smallest absolute Gasteiger partial charge is 0.339 e. The van der Waals surface area contributed by atoms with Gasteiger partial charge in [-0.2, -0.15) is 0 Å². The fourth-order valence-corrected chi connectivity index (χ4v) is 3.22. The molecule has 7 nitrogen and oxygen atoms in total. The first kappa shape index (κ1) is 17.0. The number of aromatic nitrogens is 2. The van der Waals surface area contributed by atoms with Gasteiger partial charge in [-0.15, -0.1) is 0 Å². The summed E-state index contributed by atoms with van der Waals surface area (Å²) in [5, 5.41) is 19.6. The maximum absolute atomic E-state index is 12.1. The van der Waals surface area contributed by atoms with Crippen molar-refractivity contribution < 1.29 is 19.8 Å². The Morgan fingerprint density at radius 1 is 1.28 bits per heavy atom. The highest BCUT2D eigenvalue weighted by Gasteiger charge is 2.32. The van der Waals surface area contributed by atoms with Gasteiger partial charge in [0.15, 0.2) is 0 Å². The molecule has 0 bridgehead atoms. The number of likely N-dealkylation sites (tertiary alicyclic amines) is 1. The lowest BCUT2D eigenvalue weighted by Crippen LogP contribution is -2.51. The second-order valence-electron chi connectivity index (χ2n) is 6.37. The summed E-state index contributed by atoms with van der Waals surface area (Å²) >= 11 is 0. The maximum Gasteiger partial charge on any atom is 0.339 e. The third-order valence-electron chi connectivity index (χ3n) is 4.64. The van der Waals surface area contributed by atoms with Crippen molar-refractivity contribution in [2.45, 2.75) is 26.3 Å². The number of imidazole rings is 1. The van der Waals surface area contributed by atoms with Gasteiger partial charge in [-0.05, 0) is 29.9 Å². The Morgan fingerprint density at radius 3 is 2.60 bits per heavy atom. The molecule has 0 saturated carbocycles. The molecule has 1 aromatic carbocycles. The molecule has 1 aliphatic rings. The Balaban J connectivity index is 1.62. The monoisotopic (exact) mass is 343 g/mol. The van der Waals surface area contributed by atoms with Crippen molar-refractivity contribution in [1.82, 2.24) is 14.5 Å². The number of phenols is 1. The number of carboxylic acid groups (broad SMARTS) is 1. The average molecular weight is 343 g/mol. The number of aryl methyl sites for hydroxylation is 1. The Hall–Kier alpha value is -2.83. The quantitative estimate of drug-likeness (QED) is 0.830. The summed E-state index contributed by atoms with van der Waals surface area (Å²) in [4.78, 5) is 29.3. The van der Waals surface area contributed by atoms with Crippen LogP contribution in [0.3, 0.4) is 0 Å². The van der Waals surface area contributed by atoms with E-state index in [0.717, 1.165) is 0 Å². The van der Waals surface area contributed by atoms with Crippen LogP contribution in [0.15, 0.2) is 30.9 Å². The number of carbonyl (C=O) groups excluding carboxylic acids is 1. The van der Waals surface area contributed by atoms with Crippen molar-refractivity contribution in [3.05, 3.63) is 47.5 Å². The molecule has 0 aliphatic carbocycles. The fourth-order valence-electron chi connectivity index (χ4n) is 3.22. The van der Waals surface area contributed by atoms with Crippen LogP contribution in [0.5, 0.6) is 5.75 Å². The van der Waals surface area contributed by atoms with Crippen molar-refractivity contribution in [1.29, 1.82) is 0 Å². The maximum atomic E-state index is 12.1. The second-order valence-corrected chi connectivity index (χ2v) is 6.37. The number of hydrogen-bond donors (Lipinski definition) is 2. The molecule has 7 heteroatoms. The molecule has 0 spiro atoms. The number of amides is 1. The van der Waals surface area contributed by atoms with E-state index in [1.165, 1.54) is 0 Å². The zero-order valence-electron chi connectivity index (χ0n) is 14.1. The van der Waals surface area contributed by atoms with Crippen molar-refractivity contribution in [3.63, 3.8) is 0 Å². The summed E-state index contributed by atoms with van der Waals surface area (Å²) in [5.74, 6) is -1.02. The Bertz CT molecular complexity index is 780. The van der Waals surface area contributed by atoms with E-state index in [9.17, 15) is 19.8 Å². The van der Waals surface area contributed by atoms with E-state index in [-0.39, 0.29) is 29.7 Å². The normalized spacial score (nSPS) is 14.4. The summed E-state index contributed by atoms with van der Waals surface area (Å²) in [6.45, 7) is 3.33. The zero-order valence-corrected chi connectivity index (χ0v) is 14.1. The average Bonchev–Trinajstić information content (AvgIpc) is 3.02. The van der Waals surface area contributed by atoms with Crippen LogP contribution in [0.25, 0.3) is 0 Å². The topological polar surface area (TPSA) is 95.7 Å². The molecular formula is C18H21N3O4. The molecule has 1 aromatic heterocycles. The van der Waals surface area contributed by atoms with E-state index in [1.54, 1.807) is 40.3 Å². The van der Waals surface area contributed by atoms with E-state index >= 15 is 0 Å². The number of hydrogen-bond acceptors (Lipinski definition) is 4. The Labute approximate surface area is 145 Å². The van der Waals surface area contributed by atoms with Gasteiger partial charge in [-0.25, -0.2) is 9.78 Å². The Morgan fingerprint density at radius 2 is 2.00 bits per heavy atom. The van der Waals surface area contributed by atoms with Crippen molar-refractivity contribution >= 4 is 11.9 Å². The van der Waals surface area contributed by atoms with Gasteiger partial charge in [0.25, 0.3) is 0 Å². The van der Waals surface area contributed by atoms with E-state index < -0.39 is 5.97 Å². The van der Waals surface area contributed by atoms with Crippen LogP contribution in [-0.2, 0) is 24.2 Å². The molecule has 0 atom stereocenters. The van der Waals surface area contributed by atoms with Gasteiger partial charge in [-0.1, -0.05) is 19.1 Å². The molecule has 0 radical (unpaired) electrons. The molecule has 1 aliphatic heterocycles. The molecule has 2 aromatic rings. The first-order valence-corrected chi connectivity index (χ1v) is 8.30. The zero-order chi connectivity index (χ0) is 18.0. The molecular weight excluding hydrogens is 322 g/mol. The van der Waals surface area contributed by atoms with Gasteiger partial charge in [0.2, 0.25) is 5.91 Å². The standard InChI is InChI=1S/C18H21N3O4/c1-2-13-3-4-14(16(17(13)23)18(24)25)7-12-8-21(9-12)15(22)10-20-6-5-19-11-20/h3-6,11-12,23H,2,7-10H2,1H3,(H,24,25). The SMILES string of the molecule is CCc1ccc(CC2CN(C(=O)Cn3ccnc3)C2)c(C(=O)O)c1O. The fraction of sp³-hybridized carbons (Fsp3) is 0.389. The van der Waals surface area contributed by atoms with Gasteiger partial charge >= 0.3 is 5.97 Å². The van der Waals surface area contributed by atoms with Gasteiger partial charge in [0.1, 0.15) is 17.9 Å². The molecule has 2 N–H and O–H groups in total. The molecule has 1 amide bonds. The van der Waals surface area contributed by atoms with Gasteiger partial charge in [0.05, 0.1) is 6.33 Å². The summed E-state index contributed by atoms with van der Waals surface area (Å²) in [5.41, 5.74) is 1.24. The van der Waals surface area contributed by atoms with Crippen LogP contribution in [0, 0.1) is 5.92 Å². The third kappa shape index (κ3) is 3.50. The predicted octanol–water partition coefficient (Wildman–Crippen LogP) is 1.55. The van der Waals surface area contributed by atoms with Gasteiger partial charge < -0.3 is 19.7 Å². The highest BCUT2D eigenvalue weighted by molar-refractivity contribution is 5.93. The predicted molar refractivity (Wildman–Crippen MR) is 90.4 cm³/mol. The minimum atomic E-state index is -1.12.